The molecule has 142 valence electrons. The van der Waals surface area contributed by atoms with Crippen molar-refractivity contribution < 1.29 is 4.79 Å². The van der Waals surface area contributed by atoms with E-state index in [1.807, 2.05) is 68.4 Å². The van der Waals surface area contributed by atoms with Gasteiger partial charge in [-0.1, -0.05) is 6.07 Å². The summed E-state index contributed by atoms with van der Waals surface area (Å²) in [7, 11) is 1.86. The van der Waals surface area contributed by atoms with Crippen LogP contribution in [0.5, 0.6) is 0 Å². The van der Waals surface area contributed by atoms with E-state index >= 15 is 0 Å². The van der Waals surface area contributed by atoms with Crippen LogP contribution in [0.1, 0.15) is 33.5 Å². The number of hydrogen-bond acceptors (Lipinski definition) is 4. The van der Waals surface area contributed by atoms with Crippen molar-refractivity contribution >= 4 is 17.5 Å². The lowest BCUT2D eigenvalue weighted by Gasteiger charge is -2.25. The number of rotatable bonds is 6. The van der Waals surface area contributed by atoms with Crippen molar-refractivity contribution in [2.24, 2.45) is 4.99 Å². The maximum Gasteiger partial charge on any atom is 0.240 e. The molecular weight excluding hydrogens is 330 g/mol. The van der Waals surface area contributed by atoms with Gasteiger partial charge >= 0.3 is 0 Å². The van der Waals surface area contributed by atoms with Crippen molar-refractivity contribution in [2.75, 3.05) is 26.7 Å². The number of likely N-dealkylation sites (N-methyl/N-ethyl adjacent to an activating group) is 1. The number of nitrogens with one attached hydrogen (secondary N) is 2. The molecule has 2 aromatic heterocycles. The first-order chi connectivity index (χ1) is 12.3. The molecule has 0 fully saturated rings. The molecule has 2 aromatic rings. The van der Waals surface area contributed by atoms with Gasteiger partial charge in [-0.3, -0.25) is 14.2 Å². The van der Waals surface area contributed by atoms with E-state index in [0.29, 0.717) is 18.9 Å². The Hall–Kier alpha value is -2.64. The van der Waals surface area contributed by atoms with Gasteiger partial charge in [-0.05, 0) is 39.8 Å². The van der Waals surface area contributed by atoms with Gasteiger partial charge in [-0.15, -0.1) is 10.2 Å². The van der Waals surface area contributed by atoms with Gasteiger partial charge in [0.15, 0.2) is 11.6 Å². The largest absolute Gasteiger partial charge is 0.357 e. The van der Waals surface area contributed by atoms with Crippen LogP contribution in [0.25, 0.3) is 5.65 Å². The molecule has 0 saturated heterocycles. The Balaban J connectivity index is 1.98. The van der Waals surface area contributed by atoms with Gasteiger partial charge in [0, 0.05) is 38.3 Å². The second kappa shape index (κ2) is 8.64. The summed E-state index contributed by atoms with van der Waals surface area (Å²) < 4.78 is 1.96. The monoisotopic (exact) mass is 359 g/mol. The maximum atomic E-state index is 12.1. The highest BCUT2D eigenvalue weighted by Crippen LogP contribution is 2.04. The normalized spacial score (nSPS) is 12.3. The highest BCUT2D eigenvalue weighted by molar-refractivity contribution is 5.86. The minimum absolute atomic E-state index is 0.0333. The molecule has 0 atom stereocenters. The summed E-state index contributed by atoms with van der Waals surface area (Å²) in [5, 5.41) is 14.5. The predicted octanol–water partition coefficient (Wildman–Crippen LogP) is 1.08. The fourth-order valence-corrected chi connectivity index (χ4v) is 2.54. The molecule has 0 bridgehead atoms. The van der Waals surface area contributed by atoms with Crippen molar-refractivity contribution in [1.82, 2.24) is 30.1 Å². The van der Waals surface area contributed by atoms with Crippen LogP contribution in [0.4, 0.5) is 0 Å². The molecule has 0 radical (unpaired) electrons. The first-order valence-electron chi connectivity index (χ1n) is 8.89. The molecule has 2 rings (SSSR count). The smallest absolute Gasteiger partial charge is 0.240 e. The molecule has 0 aliphatic rings. The molecule has 2 heterocycles. The zero-order valence-corrected chi connectivity index (χ0v) is 16.3. The van der Waals surface area contributed by atoms with Crippen LogP contribution in [0, 0.1) is 0 Å². The lowest BCUT2D eigenvalue weighted by molar-refractivity contribution is -0.122. The Morgan fingerprint density at radius 3 is 2.77 bits per heavy atom. The quantitative estimate of drug-likeness (QED) is 0.595. The Kier molecular flexibility index (Phi) is 6.54. The molecule has 2 N–H and O–H groups in total. The Labute approximate surface area is 154 Å². The third-order valence-corrected chi connectivity index (χ3v) is 3.57. The lowest BCUT2D eigenvalue weighted by atomic mass is 10.1. The molecule has 8 heteroatoms. The molecule has 0 aliphatic heterocycles. The fraction of sp³-hybridized carbons (Fsp3) is 0.556. The van der Waals surface area contributed by atoms with Gasteiger partial charge < -0.3 is 15.5 Å². The van der Waals surface area contributed by atoms with Crippen LogP contribution in [0.2, 0.25) is 0 Å². The number of guanidine groups is 1. The molecule has 0 aromatic carbocycles. The highest BCUT2D eigenvalue weighted by Gasteiger charge is 2.16. The molecule has 26 heavy (non-hydrogen) atoms. The van der Waals surface area contributed by atoms with Gasteiger partial charge in [-0.2, -0.15) is 0 Å². The summed E-state index contributed by atoms with van der Waals surface area (Å²) in [6.07, 6.45) is 2.62. The van der Waals surface area contributed by atoms with E-state index in [1.54, 1.807) is 0 Å². The molecule has 0 saturated carbocycles. The predicted molar refractivity (Wildman–Crippen MR) is 103 cm³/mol. The topological polar surface area (TPSA) is 86.9 Å². The Morgan fingerprint density at radius 1 is 1.31 bits per heavy atom. The summed E-state index contributed by atoms with van der Waals surface area (Å²) in [6.45, 7) is 9.44. The Morgan fingerprint density at radius 2 is 2.08 bits per heavy atom. The third kappa shape index (κ3) is 5.72. The van der Waals surface area contributed by atoms with E-state index in [2.05, 4.69) is 25.8 Å². The van der Waals surface area contributed by atoms with Gasteiger partial charge in [0.25, 0.3) is 0 Å². The SMILES string of the molecule is CCNC(=NCCc1nnc2ccccn12)N(C)CC(=O)NC(C)(C)C. The van der Waals surface area contributed by atoms with Crippen LogP contribution in [-0.4, -0.2) is 63.6 Å². The van der Waals surface area contributed by atoms with Crippen LogP contribution in [-0.2, 0) is 11.2 Å². The number of fused-ring (bicyclic) bond motifs is 1. The average molecular weight is 359 g/mol. The van der Waals surface area contributed by atoms with Crippen molar-refractivity contribution in [3.8, 4) is 0 Å². The van der Waals surface area contributed by atoms with Crippen LogP contribution < -0.4 is 10.6 Å². The number of aliphatic imine (C=N–C) groups is 1. The van der Waals surface area contributed by atoms with Crippen molar-refractivity contribution in [2.45, 2.75) is 39.7 Å². The second-order valence-electron chi connectivity index (χ2n) is 7.18. The summed E-state index contributed by atoms with van der Waals surface area (Å²) in [6, 6.07) is 5.81. The first-order valence-corrected chi connectivity index (χ1v) is 8.89. The zero-order chi connectivity index (χ0) is 19.2. The minimum Gasteiger partial charge on any atom is -0.357 e. The number of carbonyl (C=O) groups excluding carboxylic acids is 1. The molecule has 8 nitrogen and oxygen atoms in total. The summed E-state index contributed by atoms with van der Waals surface area (Å²) in [5.74, 6) is 1.53. The van der Waals surface area contributed by atoms with Crippen molar-refractivity contribution in [3.05, 3.63) is 30.2 Å². The molecule has 1 amide bonds. The van der Waals surface area contributed by atoms with Crippen LogP contribution in [0.15, 0.2) is 29.4 Å². The van der Waals surface area contributed by atoms with Gasteiger partial charge in [0.05, 0.1) is 6.54 Å². The van der Waals surface area contributed by atoms with E-state index in [0.717, 1.165) is 18.0 Å². The second-order valence-corrected chi connectivity index (χ2v) is 7.18. The fourth-order valence-electron chi connectivity index (χ4n) is 2.54. The standard InChI is InChI=1S/C18H29N7O/c1-6-19-17(24(5)13-16(26)21-18(2,3)4)20-11-10-15-23-22-14-9-7-8-12-25(14)15/h7-9,12H,6,10-11,13H2,1-5H3,(H,19,20)(H,21,26). The van der Waals surface area contributed by atoms with Crippen molar-refractivity contribution in [3.63, 3.8) is 0 Å². The number of nitrogens with zero attached hydrogens (tertiary/aromatic N) is 5. The van der Waals surface area contributed by atoms with E-state index in [-0.39, 0.29) is 18.0 Å². The molecular formula is C18H29N7O. The van der Waals surface area contributed by atoms with Crippen LogP contribution >= 0.6 is 0 Å². The van der Waals surface area contributed by atoms with E-state index < -0.39 is 0 Å². The highest BCUT2D eigenvalue weighted by atomic mass is 16.2. The summed E-state index contributed by atoms with van der Waals surface area (Å²) in [5.41, 5.74) is 0.580. The van der Waals surface area contributed by atoms with Crippen LogP contribution in [0.3, 0.4) is 0 Å². The number of pyridine rings is 1. The number of carbonyl (C=O) groups is 1. The molecule has 0 spiro atoms. The molecule has 0 unspecified atom stereocenters. The van der Waals surface area contributed by atoms with E-state index in [4.69, 9.17) is 0 Å². The number of aromatic nitrogens is 3. The van der Waals surface area contributed by atoms with E-state index in [9.17, 15) is 4.79 Å². The Bertz CT molecular complexity index is 760. The third-order valence-electron chi connectivity index (χ3n) is 3.57. The zero-order valence-electron chi connectivity index (χ0n) is 16.3. The lowest BCUT2D eigenvalue weighted by Crippen LogP contribution is -2.48. The maximum absolute atomic E-state index is 12.1. The summed E-state index contributed by atoms with van der Waals surface area (Å²) >= 11 is 0. The van der Waals surface area contributed by atoms with Gasteiger partial charge in [0.2, 0.25) is 5.91 Å². The minimum atomic E-state index is -0.248. The number of hydrogen-bond donors (Lipinski definition) is 2. The van der Waals surface area contributed by atoms with Crippen molar-refractivity contribution in [1.29, 1.82) is 0 Å². The summed E-state index contributed by atoms with van der Waals surface area (Å²) in [4.78, 5) is 18.6. The first kappa shape index (κ1) is 19.7. The van der Waals surface area contributed by atoms with E-state index in [1.165, 1.54) is 0 Å². The van der Waals surface area contributed by atoms with Gasteiger partial charge in [0.1, 0.15) is 5.82 Å². The average Bonchev–Trinajstić information content (AvgIpc) is 2.95. The number of amides is 1. The van der Waals surface area contributed by atoms with Gasteiger partial charge in [-0.25, -0.2) is 0 Å². The molecule has 0 aliphatic carbocycles.